The average molecular weight is 734 g/mol. The molecule has 4 atom stereocenters. The normalized spacial score (nSPS) is 23.2. The molecule has 0 amide bonds. The fraction of sp³-hybridized carbons (Fsp3) is 0.405. The number of likely N-dealkylation sites (tertiary alicyclic amines) is 1. The second-order valence-corrected chi connectivity index (χ2v) is 14.2. The van der Waals surface area contributed by atoms with E-state index in [4.69, 9.17) is 25.8 Å². The number of alkyl halides is 2. The van der Waals surface area contributed by atoms with Crippen molar-refractivity contribution in [3.63, 3.8) is 0 Å². The minimum atomic E-state index is -1.37. The lowest BCUT2D eigenvalue weighted by molar-refractivity contribution is -0.409. The summed E-state index contributed by atoms with van der Waals surface area (Å²) in [5.74, 6) is -0.257. The van der Waals surface area contributed by atoms with E-state index in [1.165, 1.54) is 19.1 Å². The van der Waals surface area contributed by atoms with Crippen LogP contribution in [-0.2, 0) is 0 Å². The number of aliphatic hydroxyl groups is 1. The second-order valence-electron chi connectivity index (χ2n) is 13.7. The van der Waals surface area contributed by atoms with Crippen LogP contribution in [0.25, 0.3) is 39.0 Å². The monoisotopic (exact) mass is 733 g/mol. The fourth-order valence-corrected chi connectivity index (χ4v) is 8.03. The van der Waals surface area contributed by atoms with E-state index in [1.807, 2.05) is 40.8 Å². The summed E-state index contributed by atoms with van der Waals surface area (Å²) in [6, 6.07) is 11.0. The molecular weight excluding hydrogens is 697 g/mol. The van der Waals surface area contributed by atoms with E-state index in [-0.39, 0.29) is 35.5 Å². The van der Waals surface area contributed by atoms with Crippen molar-refractivity contribution in [2.75, 3.05) is 39.8 Å². The van der Waals surface area contributed by atoms with Gasteiger partial charge in [-0.25, -0.2) is 17.7 Å². The Morgan fingerprint density at radius 1 is 1.19 bits per heavy atom. The van der Waals surface area contributed by atoms with Crippen molar-refractivity contribution in [3.05, 3.63) is 71.2 Å². The highest BCUT2D eigenvalue weighted by atomic mass is 35.5. The standard InChI is InChI=1S/C37H37ClF3N8O3/c1-21(39)34-43-28(52-46-34)10-11-29(50)48-15-12-24(19-48)47(2)35-26-17-42-32(25-8-3-6-22-7-4-9-27(38)30(22)25)31(41)33(26)44-36(45-35)51-20-37-13-5-14-49(37)18-23(40)16-37/h3-4,6-11,17,21,23,29,50H,5,12-16,18-20H2,1-2H3/q+1/b11-10+,47-24?/t21-,23+,29?,37?/m0/s1. The molecule has 3 saturated heterocycles. The Bertz CT molecular complexity index is 2230. The van der Waals surface area contributed by atoms with Gasteiger partial charge in [0.2, 0.25) is 5.82 Å². The van der Waals surface area contributed by atoms with Gasteiger partial charge in [0, 0.05) is 59.2 Å². The van der Waals surface area contributed by atoms with Crippen LogP contribution in [0.2, 0.25) is 5.02 Å². The molecule has 8 rings (SSSR count). The lowest BCUT2D eigenvalue weighted by atomic mass is 9.95. The first-order chi connectivity index (χ1) is 25.1. The summed E-state index contributed by atoms with van der Waals surface area (Å²) < 4.78 is 58.1. The zero-order chi connectivity index (χ0) is 36.1. The highest BCUT2D eigenvalue weighted by molar-refractivity contribution is 6.36. The van der Waals surface area contributed by atoms with Gasteiger partial charge in [-0.2, -0.15) is 9.97 Å². The molecule has 2 aromatic carbocycles. The number of ether oxygens (including phenoxy) is 1. The van der Waals surface area contributed by atoms with Crippen molar-refractivity contribution >= 4 is 50.9 Å². The summed E-state index contributed by atoms with van der Waals surface area (Å²) in [5, 5.41) is 16.9. The average Bonchev–Trinajstić information content (AvgIpc) is 3.94. The summed E-state index contributed by atoms with van der Waals surface area (Å²) in [5.41, 5.74) is 1.08. The van der Waals surface area contributed by atoms with Crippen LogP contribution in [0.3, 0.4) is 0 Å². The van der Waals surface area contributed by atoms with Gasteiger partial charge in [-0.05, 0) is 43.8 Å². The number of aromatic nitrogens is 5. The smallest absolute Gasteiger partial charge is 0.434 e. The van der Waals surface area contributed by atoms with Crippen LogP contribution in [0.1, 0.15) is 50.5 Å². The Kier molecular flexibility index (Phi) is 9.18. The van der Waals surface area contributed by atoms with Crippen LogP contribution in [0.4, 0.5) is 19.0 Å². The predicted molar refractivity (Wildman–Crippen MR) is 190 cm³/mol. The molecular formula is C37H37ClF3N8O3+. The van der Waals surface area contributed by atoms with Gasteiger partial charge < -0.3 is 14.4 Å². The van der Waals surface area contributed by atoms with Gasteiger partial charge in [0.05, 0.1) is 24.8 Å². The van der Waals surface area contributed by atoms with E-state index >= 15 is 4.39 Å². The molecule has 5 aromatic rings. The SMILES string of the molecule is C[C@H](F)c1noc(/C=C/C(O)N2CCC(=[N+](C)c3nc(OCC45CCCN4C[C@H](F)C5)nc4c(F)c(-c5cccc6cccc(Cl)c56)ncc34)C2)n1. The number of fused-ring (bicyclic) bond motifs is 3. The van der Waals surface area contributed by atoms with E-state index in [2.05, 4.69) is 25.0 Å². The molecule has 3 aliphatic heterocycles. The molecule has 11 nitrogen and oxygen atoms in total. The highest BCUT2D eigenvalue weighted by Gasteiger charge is 2.49. The summed E-state index contributed by atoms with van der Waals surface area (Å²) in [4.78, 5) is 21.9. The molecule has 270 valence electrons. The van der Waals surface area contributed by atoms with Crippen LogP contribution in [0.15, 0.2) is 53.2 Å². The Labute approximate surface area is 302 Å². The van der Waals surface area contributed by atoms with Crippen LogP contribution in [0.5, 0.6) is 6.01 Å². The van der Waals surface area contributed by atoms with Crippen molar-refractivity contribution in [3.8, 4) is 17.3 Å². The lowest BCUT2D eigenvalue weighted by Crippen LogP contribution is -2.43. The maximum absolute atomic E-state index is 16.8. The first-order valence-corrected chi connectivity index (χ1v) is 17.7. The van der Waals surface area contributed by atoms with Crippen molar-refractivity contribution in [1.82, 2.24) is 34.9 Å². The van der Waals surface area contributed by atoms with Crippen LogP contribution in [0, 0.1) is 5.82 Å². The van der Waals surface area contributed by atoms with E-state index in [9.17, 15) is 13.9 Å². The van der Waals surface area contributed by atoms with Crippen molar-refractivity contribution < 1.29 is 32.1 Å². The Morgan fingerprint density at radius 2 is 2.02 bits per heavy atom. The number of halogens is 4. The first kappa shape index (κ1) is 34.6. The van der Waals surface area contributed by atoms with Gasteiger partial charge in [-0.15, -0.1) is 0 Å². The molecule has 0 spiro atoms. The third-order valence-electron chi connectivity index (χ3n) is 10.4. The van der Waals surface area contributed by atoms with Crippen LogP contribution in [-0.4, -0.2) is 108 Å². The largest absolute Gasteiger partial charge is 0.443 e. The fourth-order valence-electron chi connectivity index (χ4n) is 7.75. The molecule has 6 heterocycles. The Balaban J connectivity index is 1.16. The summed E-state index contributed by atoms with van der Waals surface area (Å²) in [6.07, 6.45) is 3.87. The minimum absolute atomic E-state index is 0.0233. The molecule has 2 unspecified atom stereocenters. The maximum Gasteiger partial charge on any atom is 0.434 e. The first-order valence-electron chi connectivity index (χ1n) is 17.3. The molecule has 0 radical (unpaired) electrons. The van der Waals surface area contributed by atoms with Crippen molar-refractivity contribution in [2.45, 2.75) is 56.7 Å². The molecule has 15 heteroatoms. The van der Waals surface area contributed by atoms with Gasteiger partial charge in [0.1, 0.15) is 35.6 Å². The predicted octanol–water partition coefficient (Wildman–Crippen LogP) is 6.46. The zero-order valence-corrected chi connectivity index (χ0v) is 29.4. The molecule has 3 aromatic heterocycles. The van der Waals surface area contributed by atoms with Gasteiger partial charge in [0.25, 0.3) is 5.89 Å². The van der Waals surface area contributed by atoms with E-state index < -0.39 is 29.9 Å². The Morgan fingerprint density at radius 3 is 2.83 bits per heavy atom. The van der Waals surface area contributed by atoms with Crippen molar-refractivity contribution in [2.24, 2.45) is 0 Å². The molecule has 52 heavy (non-hydrogen) atoms. The lowest BCUT2D eigenvalue weighted by Gasteiger charge is -2.30. The number of pyridine rings is 1. The quantitative estimate of drug-likeness (QED) is 0.169. The third kappa shape index (κ3) is 6.31. The number of benzene rings is 2. The van der Waals surface area contributed by atoms with Crippen molar-refractivity contribution in [1.29, 1.82) is 0 Å². The molecule has 3 fully saturated rings. The number of aliphatic hydroxyl groups excluding tert-OH is 1. The van der Waals surface area contributed by atoms with Gasteiger partial charge >= 0.3 is 11.8 Å². The number of hydrogen-bond donors (Lipinski definition) is 1. The number of hydrogen-bond acceptors (Lipinski definition) is 10. The highest BCUT2D eigenvalue weighted by Crippen LogP contribution is 2.41. The third-order valence-corrected chi connectivity index (χ3v) is 10.8. The maximum atomic E-state index is 16.8. The molecule has 0 aliphatic carbocycles. The summed E-state index contributed by atoms with van der Waals surface area (Å²) in [6.45, 7) is 3.53. The second kappa shape index (κ2) is 13.8. The number of nitrogens with zero attached hydrogens (tertiary/aromatic N) is 8. The minimum Gasteiger partial charge on any atom is -0.443 e. The summed E-state index contributed by atoms with van der Waals surface area (Å²) in [7, 11) is 1.82. The molecule has 1 N–H and O–H groups in total. The topological polar surface area (TPSA) is 117 Å². The summed E-state index contributed by atoms with van der Waals surface area (Å²) >= 11 is 6.62. The Hall–Kier alpha value is -4.50. The zero-order valence-electron chi connectivity index (χ0n) is 28.6. The van der Waals surface area contributed by atoms with Gasteiger partial charge in [0.15, 0.2) is 12.0 Å². The van der Waals surface area contributed by atoms with Gasteiger partial charge in [-0.1, -0.05) is 47.1 Å². The number of rotatable bonds is 9. The van der Waals surface area contributed by atoms with E-state index in [0.29, 0.717) is 59.7 Å². The van der Waals surface area contributed by atoms with Crippen LogP contribution < -0.4 is 4.74 Å². The van der Waals surface area contributed by atoms with E-state index in [0.717, 1.165) is 30.5 Å². The molecule has 3 aliphatic rings. The molecule has 0 saturated carbocycles. The van der Waals surface area contributed by atoms with Gasteiger partial charge in [-0.3, -0.25) is 14.8 Å². The van der Waals surface area contributed by atoms with Crippen LogP contribution >= 0.6 is 11.6 Å². The van der Waals surface area contributed by atoms with E-state index in [1.54, 1.807) is 18.3 Å². The molecule has 0 bridgehead atoms.